The molecule has 2 heterocycles. The van der Waals surface area contributed by atoms with Crippen LogP contribution in [-0.4, -0.2) is 54.8 Å². The largest absolute Gasteiger partial charge is 0.339 e. The molecule has 126 valence electrons. The fraction of sp³-hybridized carbons (Fsp3) is 0.769. The highest BCUT2D eigenvalue weighted by atomic mass is 32.2. The van der Waals surface area contributed by atoms with Gasteiger partial charge in [-0.05, 0) is 18.8 Å². The first-order valence-corrected chi connectivity index (χ1v) is 10.5. The van der Waals surface area contributed by atoms with Gasteiger partial charge in [0.2, 0.25) is 0 Å². The molecule has 2 rings (SSSR count). The third-order valence-electron chi connectivity index (χ3n) is 3.76. The second-order valence-corrected chi connectivity index (χ2v) is 10.4. The van der Waals surface area contributed by atoms with E-state index in [2.05, 4.69) is 4.98 Å². The SMILES string of the molecule is CC(C)CS(=O)(=O)C1CCN(S(=O)(=O)c2cn(C)cn2)CC1. The lowest BCUT2D eigenvalue weighted by molar-refractivity contribution is 0.344. The number of piperidine rings is 1. The van der Waals surface area contributed by atoms with Crippen molar-refractivity contribution in [3.05, 3.63) is 12.5 Å². The second kappa shape index (κ2) is 6.29. The monoisotopic (exact) mass is 349 g/mol. The third kappa shape index (κ3) is 3.69. The van der Waals surface area contributed by atoms with Gasteiger partial charge in [0.25, 0.3) is 10.0 Å². The molecule has 0 atom stereocenters. The Labute approximate surface area is 132 Å². The summed E-state index contributed by atoms with van der Waals surface area (Å²) in [4.78, 5) is 3.88. The van der Waals surface area contributed by atoms with Gasteiger partial charge in [0.05, 0.1) is 17.3 Å². The van der Waals surface area contributed by atoms with Crippen molar-refractivity contribution in [3.8, 4) is 0 Å². The zero-order valence-corrected chi connectivity index (χ0v) is 14.8. The maximum Gasteiger partial charge on any atom is 0.262 e. The summed E-state index contributed by atoms with van der Waals surface area (Å²) in [5, 5.41) is -0.427. The molecule has 0 saturated carbocycles. The summed E-state index contributed by atoms with van der Waals surface area (Å²) in [5.74, 6) is 0.241. The number of hydrogen-bond donors (Lipinski definition) is 0. The van der Waals surface area contributed by atoms with Gasteiger partial charge in [0, 0.05) is 26.3 Å². The van der Waals surface area contributed by atoms with E-state index in [9.17, 15) is 16.8 Å². The Morgan fingerprint density at radius 3 is 2.27 bits per heavy atom. The van der Waals surface area contributed by atoms with Gasteiger partial charge in [-0.25, -0.2) is 21.8 Å². The maximum absolute atomic E-state index is 12.4. The minimum Gasteiger partial charge on any atom is -0.339 e. The van der Waals surface area contributed by atoms with Gasteiger partial charge in [-0.2, -0.15) is 4.31 Å². The molecule has 1 aromatic heterocycles. The van der Waals surface area contributed by atoms with E-state index in [1.807, 2.05) is 13.8 Å². The molecule has 0 aliphatic carbocycles. The summed E-state index contributed by atoms with van der Waals surface area (Å²) in [5.41, 5.74) is 0. The Balaban J connectivity index is 2.06. The number of aryl methyl sites for hydroxylation is 1. The van der Waals surface area contributed by atoms with E-state index in [-0.39, 0.29) is 29.8 Å². The van der Waals surface area contributed by atoms with E-state index in [1.165, 1.54) is 16.8 Å². The van der Waals surface area contributed by atoms with Crippen LogP contribution in [-0.2, 0) is 26.9 Å². The quantitative estimate of drug-likeness (QED) is 0.778. The molecule has 9 heteroatoms. The summed E-state index contributed by atoms with van der Waals surface area (Å²) in [6, 6.07) is 0. The van der Waals surface area contributed by atoms with Crippen LogP contribution in [0.5, 0.6) is 0 Å². The summed E-state index contributed by atoms with van der Waals surface area (Å²) >= 11 is 0. The van der Waals surface area contributed by atoms with Crippen molar-refractivity contribution >= 4 is 19.9 Å². The van der Waals surface area contributed by atoms with Crippen molar-refractivity contribution in [1.82, 2.24) is 13.9 Å². The molecular weight excluding hydrogens is 326 g/mol. The van der Waals surface area contributed by atoms with Gasteiger partial charge < -0.3 is 4.57 Å². The molecule has 1 fully saturated rings. The number of hydrogen-bond acceptors (Lipinski definition) is 5. The Bertz CT molecular complexity index is 714. The summed E-state index contributed by atoms with van der Waals surface area (Å²) in [7, 11) is -5.07. The van der Waals surface area contributed by atoms with E-state index < -0.39 is 25.1 Å². The maximum atomic E-state index is 12.4. The Morgan fingerprint density at radius 2 is 1.82 bits per heavy atom. The number of aromatic nitrogens is 2. The van der Waals surface area contributed by atoms with Gasteiger partial charge >= 0.3 is 0 Å². The van der Waals surface area contributed by atoms with Gasteiger partial charge in [-0.1, -0.05) is 13.8 Å². The molecule has 0 N–H and O–H groups in total. The van der Waals surface area contributed by atoms with Gasteiger partial charge in [0.15, 0.2) is 14.9 Å². The second-order valence-electron chi connectivity index (χ2n) is 6.20. The van der Waals surface area contributed by atoms with E-state index in [0.29, 0.717) is 12.8 Å². The summed E-state index contributed by atoms with van der Waals surface area (Å²) in [6.07, 6.45) is 3.59. The molecule has 7 nitrogen and oxygen atoms in total. The van der Waals surface area contributed by atoms with Crippen molar-refractivity contribution in [3.63, 3.8) is 0 Å². The van der Waals surface area contributed by atoms with Crippen LogP contribution in [0.15, 0.2) is 17.6 Å². The number of sulfonamides is 1. The zero-order valence-electron chi connectivity index (χ0n) is 13.1. The van der Waals surface area contributed by atoms with Gasteiger partial charge in [-0.15, -0.1) is 0 Å². The Morgan fingerprint density at radius 1 is 1.23 bits per heavy atom. The van der Waals surface area contributed by atoms with Crippen molar-refractivity contribution in [2.24, 2.45) is 13.0 Å². The normalized spacial score (nSPS) is 18.9. The van der Waals surface area contributed by atoms with E-state index in [1.54, 1.807) is 11.6 Å². The number of sulfone groups is 1. The van der Waals surface area contributed by atoms with Crippen LogP contribution in [0.3, 0.4) is 0 Å². The number of imidazole rings is 1. The molecule has 0 bridgehead atoms. The first kappa shape index (κ1) is 17.4. The molecule has 0 spiro atoms. The van der Waals surface area contributed by atoms with Crippen molar-refractivity contribution in [2.45, 2.75) is 37.0 Å². The lowest BCUT2D eigenvalue weighted by atomic mass is 10.2. The van der Waals surface area contributed by atoms with Crippen molar-refractivity contribution in [1.29, 1.82) is 0 Å². The van der Waals surface area contributed by atoms with Crippen LogP contribution < -0.4 is 0 Å². The molecule has 22 heavy (non-hydrogen) atoms. The number of rotatable bonds is 5. The van der Waals surface area contributed by atoms with Crippen LogP contribution in [0.1, 0.15) is 26.7 Å². The smallest absolute Gasteiger partial charge is 0.262 e. The lowest BCUT2D eigenvalue weighted by Crippen LogP contribution is -2.43. The van der Waals surface area contributed by atoms with Gasteiger partial charge in [-0.3, -0.25) is 0 Å². The molecule has 0 aromatic carbocycles. The van der Waals surface area contributed by atoms with E-state index >= 15 is 0 Å². The predicted molar refractivity (Wildman–Crippen MR) is 83.6 cm³/mol. The zero-order chi connectivity index (χ0) is 16.5. The first-order chi connectivity index (χ1) is 10.1. The first-order valence-electron chi connectivity index (χ1n) is 7.32. The van der Waals surface area contributed by atoms with Crippen LogP contribution >= 0.6 is 0 Å². The lowest BCUT2D eigenvalue weighted by Gasteiger charge is -2.30. The molecule has 0 radical (unpaired) electrons. The fourth-order valence-corrected chi connectivity index (χ4v) is 6.25. The van der Waals surface area contributed by atoms with Crippen LogP contribution in [0.4, 0.5) is 0 Å². The average Bonchev–Trinajstić information content (AvgIpc) is 2.85. The molecule has 1 aliphatic heterocycles. The predicted octanol–water partition coefficient (Wildman–Crippen LogP) is 0.644. The summed E-state index contributed by atoms with van der Waals surface area (Å²) < 4.78 is 52.3. The highest BCUT2D eigenvalue weighted by Gasteiger charge is 2.35. The molecular formula is C13H23N3O4S2. The molecule has 1 saturated heterocycles. The average molecular weight is 349 g/mol. The third-order valence-corrected chi connectivity index (χ3v) is 8.16. The van der Waals surface area contributed by atoms with Crippen LogP contribution in [0.25, 0.3) is 0 Å². The molecule has 1 aromatic rings. The van der Waals surface area contributed by atoms with E-state index in [4.69, 9.17) is 0 Å². The molecule has 1 aliphatic rings. The number of nitrogens with zero attached hydrogens (tertiary/aromatic N) is 3. The minimum absolute atomic E-state index is 0.0125. The Hall–Kier alpha value is -0.930. The van der Waals surface area contributed by atoms with Gasteiger partial charge in [0.1, 0.15) is 0 Å². The van der Waals surface area contributed by atoms with E-state index in [0.717, 1.165) is 0 Å². The van der Waals surface area contributed by atoms with Crippen molar-refractivity contribution < 1.29 is 16.8 Å². The highest BCUT2D eigenvalue weighted by Crippen LogP contribution is 2.24. The Kier molecular flexibility index (Phi) is 4.98. The fourth-order valence-electron chi connectivity index (χ4n) is 2.69. The summed E-state index contributed by atoms with van der Waals surface area (Å²) in [6.45, 7) is 4.19. The minimum atomic E-state index is -3.63. The molecule has 0 unspecified atom stereocenters. The van der Waals surface area contributed by atoms with Crippen LogP contribution in [0, 0.1) is 5.92 Å². The van der Waals surface area contributed by atoms with Crippen molar-refractivity contribution in [2.75, 3.05) is 18.8 Å². The highest BCUT2D eigenvalue weighted by molar-refractivity contribution is 7.92. The van der Waals surface area contributed by atoms with Crippen LogP contribution in [0.2, 0.25) is 0 Å². The molecule has 0 amide bonds. The topological polar surface area (TPSA) is 89.3 Å². The standard InChI is InChI=1S/C13H23N3O4S2/c1-11(2)9-21(17,18)12-4-6-16(7-5-12)22(19,20)13-8-15(3)10-14-13/h8,10-12H,4-7,9H2,1-3H3.